The summed E-state index contributed by atoms with van der Waals surface area (Å²) in [6.45, 7) is 3.26. The van der Waals surface area contributed by atoms with E-state index in [9.17, 15) is 9.59 Å². The molecule has 0 aliphatic carbocycles. The van der Waals surface area contributed by atoms with Crippen molar-refractivity contribution in [1.29, 1.82) is 0 Å². The molecule has 0 unspecified atom stereocenters. The molecule has 0 spiro atoms. The van der Waals surface area contributed by atoms with Crippen LogP contribution >= 0.6 is 0 Å². The SMILES string of the molecule is CN(C(=O)CCC(C)(C)C(=O)O)c1ccccc1. The van der Waals surface area contributed by atoms with Gasteiger partial charge in [0.25, 0.3) is 0 Å². The predicted molar refractivity (Wildman–Crippen MR) is 70.5 cm³/mol. The molecule has 4 nitrogen and oxygen atoms in total. The van der Waals surface area contributed by atoms with E-state index in [2.05, 4.69) is 0 Å². The molecule has 0 radical (unpaired) electrons. The summed E-state index contributed by atoms with van der Waals surface area (Å²) in [6, 6.07) is 9.30. The smallest absolute Gasteiger partial charge is 0.309 e. The van der Waals surface area contributed by atoms with Crippen LogP contribution in [0.15, 0.2) is 30.3 Å². The highest BCUT2D eigenvalue weighted by Crippen LogP contribution is 2.23. The Labute approximate surface area is 107 Å². The second kappa shape index (κ2) is 5.67. The molecule has 0 heterocycles. The van der Waals surface area contributed by atoms with Gasteiger partial charge in [0.05, 0.1) is 5.41 Å². The van der Waals surface area contributed by atoms with Crippen LogP contribution in [0.25, 0.3) is 0 Å². The number of hydrogen-bond acceptors (Lipinski definition) is 2. The van der Waals surface area contributed by atoms with E-state index in [-0.39, 0.29) is 12.3 Å². The van der Waals surface area contributed by atoms with E-state index in [1.54, 1.807) is 25.8 Å². The first-order valence-electron chi connectivity index (χ1n) is 5.89. The Morgan fingerprint density at radius 1 is 1.22 bits per heavy atom. The Morgan fingerprint density at radius 3 is 2.28 bits per heavy atom. The highest BCUT2D eigenvalue weighted by atomic mass is 16.4. The van der Waals surface area contributed by atoms with Gasteiger partial charge in [-0.2, -0.15) is 0 Å². The fourth-order valence-electron chi connectivity index (χ4n) is 1.49. The number of carboxylic acid groups (broad SMARTS) is 1. The zero-order valence-corrected chi connectivity index (χ0v) is 11.0. The lowest BCUT2D eigenvalue weighted by molar-refractivity contribution is -0.147. The van der Waals surface area contributed by atoms with Gasteiger partial charge < -0.3 is 10.0 Å². The highest BCUT2D eigenvalue weighted by molar-refractivity contribution is 5.93. The lowest BCUT2D eigenvalue weighted by atomic mass is 9.88. The van der Waals surface area contributed by atoms with Gasteiger partial charge in [0.1, 0.15) is 0 Å². The lowest BCUT2D eigenvalue weighted by Crippen LogP contribution is -2.30. The van der Waals surface area contributed by atoms with Crippen LogP contribution in [0.3, 0.4) is 0 Å². The fourth-order valence-corrected chi connectivity index (χ4v) is 1.49. The number of carbonyl (C=O) groups excluding carboxylic acids is 1. The summed E-state index contributed by atoms with van der Waals surface area (Å²) in [5, 5.41) is 8.98. The molecule has 0 aliphatic rings. The van der Waals surface area contributed by atoms with Crippen LogP contribution in [-0.2, 0) is 9.59 Å². The Balaban J connectivity index is 2.59. The minimum absolute atomic E-state index is 0.0736. The Bertz CT molecular complexity index is 426. The van der Waals surface area contributed by atoms with Gasteiger partial charge in [-0.15, -0.1) is 0 Å². The number of carbonyl (C=O) groups is 2. The first kappa shape index (κ1) is 14.2. The third kappa shape index (κ3) is 3.58. The van der Waals surface area contributed by atoms with Crippen LogP contribution in [0.5, 0.6) is 0 Å². The molecule has 0 fully saturated rings. The van der Waals surface area contributed by atoms with Crippen molar-refractivity contribution in [2.75, 3.05) is 11.9 Å². The maximum Gasteiger partial charge on any atom is 0.309 e. The van der Waals surface area contributed by atoms with E-state index in [1.165, 1.54) is 0 Å². The van der Waals surface area contributed by atoms with Crippen LogP contribution in [0.4, 0.5) is 5.69 Å². The molecule has 1 aromatic rings. The van der Waals surface area contributed by atoms with Crippen molar-refractivity contribution in [1.82, 2.24) is 0 Å². The second-order valence-electron chi connectivity index (χ2n) is 4.98. The van der Waals surface area contributed by atoms with E-state index < -0.39 is 11.4 Å². The summed E-state index contributed by atoms with van der Waals surface area (Å²) in [4.78, 5) is 24.4. The molecular formula is C14H19NO3. The van der Waals surface area contributed by atoms with Crippen molar-refractivity contribution >= 4 is 17.6 Å². The minimum atomic E-state index is -0.877. The summed E-state index contributed by atoms with van der Waals surface area (Å²) in [5.74, 6) is -0.951. The monoisotopic (exact) mass is 249 g/mol. The first-order chi connectivity index (χ1) is 8.34. The van der Waals surface area contributed by atoms with Crippen molar-refractivity contribution in [3.8, 4) is 0 Å². The number of carboxylic acids is 1. The Kier molecular flexibility index (Phi) is 4.48. The third-order valence-electron chi connectivity index (χ3n) is 3.06. The van der Waals surface area contributed by atoms with Crippen LogP contribution in [-0.4, -0.2) is 24.0 Å². The van der Waals surface area contributed by atoms with Gasteiger partial charge in [0.2, 0.25) is 5.91 Å². The molecule has 0 bridgehead atoms. The molecule has 1 N–H and O–H groups in total. The van der Waals surface area contributed by atoms with E-state index in [0.29, 0.717) is 6.42 Å². The molecule has 4 heteroatoms. The molecule has 1 aromatic carbocycles. The predicted octanol–water partition coefficient (Wildman–Crippen LogP) is 2.54. The number of hydrogen-bond donors (Lipinski definition) is 1. The van der Waals surface area contributed by atoms with Crippen LogP contribution in [0.2, 0.25) is 0 Å². The summed E-state index contributed by atoms with van der Waals surface area (Å²) in [6.07, 6.45) is 0.559. The standard InChI is InChI=1S/C14H19NO3/c1-14(2,13(17)18)10-9-12(16)15(3)11-7-5-4-6-8-11/h4-8H,9-10H2,1-3H3,(H,17,18). The van der Waals surface area contributed by atoms with E-state index >= 15 is 0 Å². The molecule has 0 saturated carbocycles. The molecule has 0 aromatic heterocycles. The quantitative estimate of drug-likeness (QED) is 0.872. The van der Waals surface area contributed by atoms with Gasteiger partial charge in [-0.25, -0.2) is 0 Å². The van der Waals surface area contributed by atoms with Crippen LogP contribution in [0, 0.1) is 5.41 Å². The summed E-state index contributed by atoms with van der Waals surface area (Å²) in [7, 11) is 1.70. The number of para-hydroxylation sites is 1. The molecule has 1 rings (SSSR count). The van der Waals surface area contributed by atoms with Gasteiger partial charge >= 0.3 is 5.97 Å². The van der Waals surface area contributed by atoms with E-state index in [0.717, 1.165) is 5.69 Å². The van der Waals surface area contributed by atoms with Gasteiger partial charge in [-0.3, -0.25) is 9.59 Å². The maximum atomic E-state index is 11.9. The zero-order valence-electron chi connectivity index (χ0n) is 11.0. The summed E-state index contributed by atoms with van der Waals surface area (Å²) < 4.78 is 0. The van der Waals surface area contributed by atoms with Crippen molar-refractivity contribution in [3.05, 3.63) is 30.3 Å². The average molecular weight is 249 g/mol. The largest absolute Gasteiger partial charge is 0.481 e. The number of rotatable bonds is 5. The maximum absolute atomic E-state index is 11.9. The Hall–Kier alpha value is -1.84. The number of benzene rings is 1. The Morgan fingerprint density at radius 2 is 1.78 bits per heavy atom. The van der Waals surface area contributed by atoms with Gasteiger partial charge in [-0.05, 0) is 32.4 Å². The third-order valence-corrected chi connectivity index (χ3v) is 3.06. The topological polar surface area (TPSA) is 57.6 Å². The molecule has 0 atom stereocenters. The van der Waals surface area contributed by atoms with Crippen molar-refractivity contribution in [2.24, 2.45) is 5.41 Å². The molecule has 18 heavy (non-hydrogen) atoms. The summed E-state index contributed by atoms with van der Waals surface area (Å²) >= 11 is 0. The summed E-state index contributed by atoms with van der Waals surface area (Å²) in [5.41, 5.74) is -0.0525. The average Bonchev–Trinajstić information content (AvgIpc) is 2.36. The zero-order chi connectivity index (χ0) is 13.8. The molecule has 98 valence electrons. The van der Waals surface area contributed by atoms with Crippen LogP contribution in [0.1, 0.15) is 26.7 Å². The minimum Gasteiger partial charge on any atom is -0.481 e. The molecule has 0 saturated heterocycles. The molecule has 0 aliphatic heterocycles. The number of nitrogens with zero attached hydrogens (tertiary/aromatic N) is 1. The number of anilines is 1. The highest BCUT2D eigenvalue weighted by Gasteiger charge is 2.28. The molecular weight excluding hydrogens is 230 g/mol. The van der Waals surface area contributed by atoms with Crippen LogP contribution < -0.4 is 4.90 Å². The van der Waals surface area contributed by atoms with E-state index in [1.807, 2.05) is 30.3 Å². The second-order valence-corrected chi connectivity index (χ2v) is 4.98. The normalized spacial score (nSPS) is 11.1. The number of aliphatic carboxylic acids is 1. The van der Waals surface area contributed by atoms with Crippen molar-refractivity contribution in [2.45, 2.75) is 26.7 Å². The fraction of sp³-hybridized carbons (Fsp3) is 0.429. The lowest BCUT2D eigenvalue weighted by Gasteiger charge is -2.21. The van der Waals surface area contributed by atoms with Crippen molar-refractivity contribution in [3.63, 3.8) is 0 Å². The van der Waals surface area contributed by atoms with Gasteiger partial charge in [0, 0.05) is 19.2 Å². The molecule has 1 amide bonds. The van der Waals surface area contributed by atoms with Gasteiger partial charge in [-0.1, -0.05) is 18.2 Å². The first-order valence-corrected chi connectivity index (χ1v) is 5.89. The van der Waals surface area contributed by atoms with Crippen molar-refractivity contribution < 1.29 is 14.7 Å². The number of amides is 1. The van der Waals surface area contributed by atoms with E-state index in [4.69, 9.17) is 5.11 Å². The van der Waals surface area contributed by atoms with Gasteiger partial charge in [0.15, 0.2) is 0 Å².